The Kier molecular flexibility index (Phi) is 3.29. The van der Waals surface area contributed by atoms with Crippen LogP contribution in [-0.4, -0.2) is 15.6 Å². The molecule has 0 aliphatic heterocycles. The van der Waals surface area contributed by atoms with Crippen LogP contribution in [0.3, 0.4) is 0 Å². The Labute approximate surface area is 105 Å². The van der Waals surface area contributed by atoms with E-state index < -0.39 is 0 Å². The van der Waals surface area contributed by atoms with Crippen LogP contribution >= 0.6 is 11.6 Å². The maximum absolute atomic E-state index is 12.2. The smallest absolute Gasteiger partial charge is 0.211 e. The molecule has 0 spiro atoms. The van der Waals surface area contributed by atoms with Crippen molar-refractivity contribution in [2.24, 2.45) is 0 Å². The Hall–Kier alpha value is -1.61. The lowest BCUT2D eigenvalue weighted by atomic mass is 10.1. The van der Waals surface area contributed by atoms with E-state index in [-0.39, 0.29) is 5.78 Å². The lowest BCUT2D eigenvalue weighted by molar-refractivity contribution is 0.102. The Bertz CT molecular complexity index is 560. The number of benzene rings is 1. The van der Waals surface area contributed by atoms with Crippen LogP contribution in [0.5, 0.6) is 0 Å². The molecule has 0 unspecified atom stereocenters. The number of aryl methyl sites for hydroxylation is 2. The highest BCUT2D eigenvalue weighted by molar-refractivity contribution is 6.31. The van der Waals surface area contributed by atoms with Crippen molar-refractivity contribution >= 4 is 17.4 Å². The lowest BCUT2D eigenvalue weighted by Gasteiger charge is -2.05. The molecule has 0 aliphatic carbocycles. The van der Waals surface area contributed by atoms with E-state index in [0.717, 1.165) is 5.56 Å². The second-order valence-electron chi connectivity index (χ2n) is 3.83. The topological polar surface area (TPSA) is 34.9 Å². The molecule has 88 valence electrons. The van der Waals surface area contributed by atoms with Crippen molar-refractivity contribution in [2.75, 3.05) is 0 Å². The molecule has 0 amide bonds. The van der Waals surface area contributed by atoms with Crippen LogP contribution in [0.4, 0.5) is 0 Å². The number of rotatable bonds is 3. The number of hydrogen-bond donors (Lipinski definition) is 0. The molecule has 0 saturated carbocycles. The molecular weight excluding hydrogens is 236 g/mol. The zero-order chi connectivity index (χ0) is 12.4. The van der Waals surface area contributed by atoms with Crippen molar-refractivity contribution in [2.45, 2.75) is 20.4 Å². The summed E-state index contributed by atoms with van der Waals surface area (Å²) in [6, 6.07) is 7.02. The van der Waals surface area contributed by atoms with E-state index >= 15 is 0 Å². The second-order valence-corrected chi connectivity index (χ2v) is 4.23. The zero-order valence-corrected chi connectivity index (χ0v) is 10.5. The van der Waals surface area contributed by atoms with Crippen LogP contribution in [-0.2, 0) is 6.54 Å². The molecule has 0 bridgehead atoms. The SMILES string of the molecule is CCn1nccc1C(=O)c1ccc(Cl)c(C)c1. The van der Waals surface area contributed by atoms with Crippen LogP contribution in [0.25, 0.3) is 0 Å². The first-order chi connectivity index (χ1) is 8.13. The summed E-state index contributed by atoms with van der Waals surface area (Å²) in [5.74, 6) is -0.0240. The Morgan fingerprint density at radius 3 is 2.82 bits per heavy atom. The fraction of sp³-hybridized carbons (Fsp3) is 0.231. The van der Waals surface area contributed by atoms with Crippen molar-refractivity contribution in [1.82, 2.24) is 9.78 Å². The number of ketones is 1. The first kappa shape index (κ1) is 11.9. The van der Waals surface area contributed by atoms with Crippen LogP contribution in [0.15, 0.2) is 30.5 Å². The maximum Gasteiger partial charge on any atom is 0.211 e. The predicted molar refractivity (Wildman–Crippen MR) is 67.5 cm³/mol. The van der Waals surface area contributed by atoms with Crippen LogP contribution in [0, 0.1) is 6.92 Å². The van der Waals surface area contributed by atoms with Crippen molar-refractivity contribution in [1.29, 1.82) is 0 Å². The van der Waals surface area contributed by atoms with E-state index in [1.807, 2.05) is 13.8 Å². The van der Waals surface area contributed by atoms with Gasteiger partial charge < -0.3 is 0 Å². The van der Waals surface area contributed by atoms with Gasteiger partial charge in [0.1, 0.15) is 5.69 Å². The summed E-state index contributed by atoms with van der Waals surface area (Å²) in [5, 5.41) is 4.76. The van der Waals surface area contributed by atoms with Gasteiger partial charge in [-0.15, -0.1) is 0 Å². The van der Waals surface area contributed by atoms with Gasteiger partial charge in [0.25, 0.3) is 0 Å². The molecule has 0 radical (unpaired) electrons. The molecule has 0 aliphatic rings. The summed E-state index contributed by atoms with van der Waals surface area (Å²) < 4.78 is 1.69. The molecular formula is C13H13ClN2O. The van der Waals surface area contributed by atoms with Gasteiger partial charge in [-0.2, -0.15) is 5.10 Å². The van der Waals surface area contributed by atoms with Gasteiger partial charge in [-0.3, -0.25) is 9.48 Å². The number of halogens is 1. The predicted octanol–water partition coefficient (Wildman–Crippen LogP) is 3.10. The van der Waals surface area contributed by atoms with Gasteiger partial charge in [0.15, 0.2) is 0 Å². The van der Waals surface area contributed by atoms with Gasteiger partial charge >= 0.3 is 0 Å². The average Bonchev–Trinajstić information content (AvgIpc) is 2.80. The monoisotopic (exact) mass is 248 g/mol. The quantitative estimate of drug-likeness (QED) is 0.783. The van der Waals surface area contributed by atoms with E-state index in [2.05, 4.69) is 5.10 Å². The number of carbonyl (C=O) groups excluding carboxylic acids is 1. The van der Waals surface area contributed by atoms with E-state index in [9.17, 15) is 4.79 Å². The largest absolute Gasteiger partial charge is 0.287 e. The highest BCUT2D eigenvalue weighted by Crippen LogP contribution is 2.18. The summed E-state index contributed by atoms with van der Waals surface area (Å²) in [4.78, 5) is 12.2. The first-order valence-corrected chi connectivity index (χ1v) is 5.84. The van der Waals surface area contributed by atoms with Gasteiger partial charge in [0.05, 0.1) is 0 Å². The maximum atomic E-state index is 12.2. The van der Waals surface area contributed by atoms with Crippen LogP contribution in [0.2, 0.25) is 5.02 Å². The van der Waals surface area contributed by atoms with Crippen LogP contribution in [0.1, 0.15) is 28.5 Å². The standard InChI is InChI=1S/C13H13ClN2O/c1-3-16-12(6-7-15-16)13(17)10-4-5-11(14)9(2)8-10/h4-8H,3H2,1-2H3. The average molecular weight is 249 g/mol. The van der Waals surface area contributed by atoms with E-state index in [1.54, 1.807) is 35.1 Å². The Balaban J connectivity index is 2.40. The second kappa shape index (κ2) is 4.72. The van der Waals surface area contributed by atoms with Crippen molar-refractivity contribution < 1.29 is 4.79 Å². The van der Waals surface area contributed by atoms with Gasteiger partial charge in [-0.1, -0.05) is 11.6 Å². The summed E-state index contributed by atoms with van der Waals surface area (Å²) in [6.07, 6.45) is 1.64. The lowest BCUT2D eigenvalue weighted by Crippen LogP contribution is -2.10. The molecule has 0 N–H and O–H groups in total. The van der Waals surface area contributed by atoms with Crippen LogP contribution < -0.4 is 0 Å². The van der Waals surface area contributed by atoms with E-state index in [1.165, 1.54) is 0 Å². The normalized spacial score (nSPS) is 10.5. The molecule has 1 aromatic carbocycles. The summed E-state index contributed by atoms with van der Waals surface area (Å²) in [5.41, 5.74) is 2.15. The minimum atomic E-state index is -0.0240. The minimum absolute atomic E-state index is 0.0240. The van der Waals surface area contributed by atoms with Gasteiger partial charge in [-0.25, -0.2) is 0 Å². The van der Waals surface area contributed by atoms with Crippen molar-refractivity contribution in [3.63, 3.8) is 0 Å². The van der Waals surface area contributed by atoms with Gasteiger partial charge in [-0.05, 0) is 43.7 Å². The van der Waals surface area contributed by atoms with Gasteiger partial charge in [0.2, 0.25) is 5.78 Å². The first-order valence-electron chi connectivity index (χ1n) is 5.46. The third-order valence-electron chi connectivity index (χ3n) is 2.67. The molecule has 0 fully saturated rings. The van der Waals surface area contributed by atoms with E-state index in [0.29, 0.717) is 22.8 Å². The zero-order valence-electron chi connectivity index (χ0n) is 9.77. The summed E-state index contributed by atoms with van der Waals surface area (Å²) >= 11 is 5.94. The molecule has 2 aromatic rings. The number of hydrogen-bond acceptors (Lipinski definition) is 2. The number of aromatic nitrogens is 2. The highest BCUT2D eigenvalue weighted by atomic mass is 35.5. The van der Waals surface area contributed by atoms with Crippen molar-refractivity contribution in [3.05, 3.63) is 52.3 Å². The molecule has 1 heterocycles. The minimum Gasteiger partial charge on any atom is -0.287 e. The van der Waals surface area contributed by atoms with E-state index in [4.69, 9.17) is 11.6 Å². The van der Waals surface area contributed by atoms with Crippen molar-refractivity contribution in [3.8, 4) is 0 Å². The third kappa shape index (κ3) is 2.24. The Morgan fingerprint density at radius 1 is 1.41 bits per heavy atom. The molecule has 0 atom stereocenters. The summed E-state index contributed by atoms with van der Waals surface area (Å²) in [6.45, 7) is 4.52. The molecule has 0 saturated heterocycles. The van der Waals surface area contributed by atoms with Gasteiger partial charge in [0, 0.05) is 23.3 Å². The fourth-order valence-corrected chi connectivity index (χ4v) is 1.83. The number of nitrogens with zero attached hydrogens (tertiary/aromatic N) is 2. The molecule has 4 heteroatoms. The highest BCUT2D eigenvalue weighted by Gasteiger charge is 2.14. The summed E-state index contributed by atoms with van der Waals surface area (Å²) in [7, 11) is 0. The molecule has 17 heavy (non-hydrogen) atoms. The molecule has 1 aromatic heterocycles. The molecule has 2 rings (SSSR count). The fourth-order valence-electron chi connectivity index (χ4n) is 1.71. The third-order valence-corrected chi connectivity index (χ3v) is 3.09. The number of carbonyl (C=O) groups is 1. The molecule has 3 nitrogen and oxygen atoms in total. The Morgan fingerprint density at radius 2 is 2.18 bits per heavy atom.